The van der Waals surface area contributed by atoms with E-state index in [9.17, 15) is 4.79 Å². The molecule has 0 radical (unpaired) electrons. The zero-order valence-corrected chi connectivity index (χ0v) is 20.1. The van der Waals surface area contributed by atoms with E-state index in [1.807, 2.05) is 48.4 Å². The van der Waals surface area contributed by atoms with Crippen LogP contribution in [0.25, 0.3) is 15.7 Å². The molecule has 0 bridgehead atoms. The van der Waals surface area contributed by atoms with Crippen LogP contribution in [-0.2, 0) is 17.6 Å². The molecule has 4 heterocycles. The van der Waals surface area contributed by atoms with Crippen molar-refractivity contribution in [1.82, 2.24) is 24.5 Å². The van der Waals surface area contributed by atoms with Crippen molar-refractivity contribution in [2.45, 2.75) is 25.7 Å². The normalized spacial score (nSPS) is 12.7. The Morgan fingerprint density at radius 1 is 1.24 bits per heavy atom. The lowest BCUT2D eigenvalue weighted by atomic mass is 9.97. The second-order valence-electron chi connectivity index (χ2n) is 8.28. The second-order valence-corrected chi connectivity index (χ2v) is 9.36. The molecule has 3 N–H and O–H groups in total. The fourth-order valence-corrected chi connectivity index (χ4v) is 5.21. The van der Waals surface area contributed by atoms with Gasteiger partial charge in [0, 0.05) is 45.3 Å². The van der Waals surface area contributed by atoms with Crippen molar-refractivity contribution in [3.05, 3.63) is 41.3 Å². The Balaban J connectivity index is 0.000000325. The van der Waals surface area contributed by atoms with Crippen molar-refractivity contribution < 1.29 is 4.79 Å². The molecule has 5 rings (SSSR count). The highest BCUT2D eigenvalue weighted by Crippen LogP contribution is 2.39. The first-order valence-electron chi connectivity index (χ1n) is 11.0. The highest BCUT2D eigenvalue weighted by molar-refractivity contribution is 7.19. The minimum absolute atomic E-state index is 0.537. The number of nitrogens with two attached hydrogens (primary N) is 1. The Labute approximate surface area is 197 Å². The van der Waals surface area contributed by atoms with Crippen LogP contribution in [0.5, 0.6) is 0 Å². The van der Waals surface area contributed by atoms with E-state index in [0.29, 0.717) is 13.1 Å². The quantitative estimate of drug-likeness (QED) is 0.421. The molecule has 0 fully saturated rings. The number of likely N-dealkylation sites (N-methyl/N-ethyl adjacent to an activating group) is 1. The van der Waals surface area contributed by atoms with Gasteiger partial charge in [-0.05, 0) is 43.4 Å². The number of aryl methyl sites for hydroxylation is 2. The number of hydrogen-bond donors (Lipinski definition) is 2. The molecule has 0 saturated carbocycles. The fraction of sp³-hybridized carbons (Fsp3) is 0.391. The molecular weight excluding hydrogens is 436 g/mol. The first-order chi connectivity index (χ1) is 16.0. The van der Waals surface area contributed by atoms with E-state index in [1.54, 1.807) is 13.4 Å². The van der Waals surface area contributed by atoms with Crippen LogP contribution in [-0.4, -0.2) is 65.1 Å². The minimum Gasteiger partial charge on any atom is -0.375 e. The Kier molecular flexibility index (Phi) is 7.05. The number of carbonyl (C=O) groups is 1. The number of carbonyl (C=O) groups excluding carboxylic acids is 1. The van der Waals surface area contributed by atoms with E-state index < -0.39 is 0 Å². The van der Waals surface area contributed by atoms with E-state index in [4.69, 9.17) is 5.73 Å². The molecule has 174 valence electrons. The standard InChI is InChI=1S/C19H20N6S.C4H10N2O/c1-24(2)15-10-25-12(7-8-22-25)9-14(15)23-18-17-13-5-3-4-6-16(13)26-19(17)21-11-20-18;1-6(4-7)3-2-5/h7-11H,3-6H2,1-2H3,(H,20,21,23);4H,2-3,5H2,1H3. The Hall–Kier alpha value is -3.24. The third-order valence-electron chi connectivity index (χ3n) is 5.66. The van der Waals surface area contributed by atoms with Gasteiger partial charge < -0.3 is 20.9 Å². The predicted octanol–water partition coefficient (Wildman–Crippen LogP) is 3.06. The maximum absolute atomic E-state index is 9.77. The first-order valence-corrected chi connectivity index (χ1v) is 11.9. The van der Waals surface area contributed by atoms with Crippen LogP contribution < -0.4 is 16.0 Å². The summed E-state index contributed by atoms with van der Waals surface area (Å²) in [5, 5.41) is 9.13. The van der Waals surface area contributed by atoms with Gasteiger partial charge in [-0.15, -0.1) is 11.3 Å². The lowest BCUT2D eigenvalue weighted by molar-refractivity contribution is -0.116. The van der Waals surface area contributed by atoms with Gasteiger partial charge in [-0.2, -0.15) is 5.10 Å². The number of anilines is 3. The van der Waals surface area contributed by atoms with Gasteiger partial charge in [0.25, 0.3) is 0 Å². The zero-order chi connectivity index (χ0) is 23.4. The largest absolute Gasteiger partial charge is 0.375 e. The first kappa shape index (κ1) is 22.9. The number of pyridine rings is 1. The van der Waals surface area contributed by atoms with Crippen molar-refractivity contribution in [3.63, 3.8) is 0 Å². The molecule has 0 saturated heterocycles. The van der Waals surface area contributed by atoms with Gasteiger partial charge in [-0.3, -0.25) is 4.79 Å². The topological polar surface area (TPSA) is 105 Å². The number of thiophene rings is 1. The summed E-state index contributed by atoms with van der Waals surface area (Å²) in [5.74, 6) is 0.904. The summed E-state index contributed by atoms with van der Waals surface area (Å²) in [6.07, 6.45) is 11.1. The third kappa shape index (κ3) is 4.91. The predicted molar refractivity (Wildman–Crippen MR) is 135 cm³/mol. The number of nitrogens with zero attached hydrogens (tertiary/aromatic N) is 6. The van der Waals surface area contributed by atoms with E-state index in [1.165, 1.54) is 40.0 Å². The van der Waals surface area contributed by atoms with E-state index >= 15 is 0 Å². The van der Waals surface area contributed by atoms with Crippen LogP contribution in [0.2, 0.25) is 0 Å². The number of aromatic nitrogens is 4. The summed E-state index contributed by atoms with van der Waals surface area (Å²) in [6, 6.07) is 4.13. The molecule has 0 atom stereocenters. The van der Waals surface area contributed by atoms with Crippen LogP contribution in [0.4, 0.5) is 17.2 Å². The van der Waals surface area contributed by atoms with Crippen LogP contribution in [0.3, 0.4) is 0 Å². The summed E-state index contributed by atoms with van der Waals surface area (Å²) < 4.78 is 1.89. The van der Waals surface area contributed by atoms with Crippen molar-refractivity contribution in [2.24, 2.45) is 5.73 Å². The van der Waals surface area contributed by atoms with E-state index in [0.717, 1.165) is 40.4 Å². The maximum Gasteiger partial charge on any atom is 0.209 e. The number of hydrogen-bond acceptors (Lipinski definition) is 8. The number of nitrogens with one attached hydrogen (secondary N) is 1. The Morgan fingerprint density at radius 3 is 2.79 bits per heavy atom. The molecule has 0 spiro atoms. The van der Waals surface area contributed by atoms with Crippen molar-refractivity contribution in [3.8, 4) is 0 Å². The molecule has 10 heteroatoms. The van der Waals surface area contributed by atoms with E-state index in [-0.39, 0.29) is 0 Å². The average Bonchev–Trinajstić information content (AvgIpc) is 3.43. The van der Waals surface area contributed by atoms with Gasteiger partial charge in [-0.1, -0.05) is 0 Å². The maximum atomic E-state index is 9.77. The molecular formula is C23H30N8OS. The second kappa shape index (κ2) is 10.1. The van der Waals surface area contributed by atoms with Gasteiger partial charge in [0.05, 0.1) is 28.5 Å². The lowest BCUT2D eigenvalue weighted by Gasteiger charge is -2.19. The summed E-state index contributed by atoms with van der Waals surface area (Å²) >= 11 is 1.82. The van der Waals surface area contributed by atoms with E-state index in [2.05, 4.69) is 31.3 Å². The summed E-state index contributed by atoms with van der Waals surface area (Å²) in [6.45, 7) is 1.18. The highest BCUT2D eigenvalue weighted by Gasteiger charge is 2.20. The third-order valence-corrected chi connectivity index (χ3v) is 6.86. The van der Waals surface area contributed by atoms with Crippen LogP contribution >= 0.6 is 11.3 Å². The van der Waals surface area contributed by atoms with Crippen LogP contribution in [0, 0.1) is 0 Å². The van der Waals surface area contributed by atoms with Gasteiger partial charge in [-0.25, -0.2) is 14.5 Å². The Morgan fingerprint density at radius 2 is 2.06 bits per heavy atom. The molecule has 33 heavy (non-hydrogen) atoms. The smallest absolute Gasteiger partial charge is 0.209 e. The van der Waals surface area contributed by atoms with Crippen LogP contribution in [0.15, 0.2) is 30.9 Å². The van der Waals surface area contributed by atoms with Crippen molar-refractivity contribution >= 4 is 50.7 Å². The van der Waals surface area contributed by atoms with Crippen molar-refractivity contribution in [2.75, 3.05) is 44.4 Å². The molecule has 0 unspecified atom stereocenters. The fourth-order valence-electron chi connectivity index (χ4n) is 3.98. The summed E-state index contributed by atoms with van der Waals surface area (Å²) in [7, 11) is 5.77. The summed E-state index contributed by atoms with van der Waals surface area (Å²) in [5.41, 5.74) is 9.69. The monoisotopic (exact) mass is 466 g/mol. The lowest BCUT2D eigenvalue weighted by Crippen LogP contribution is -2.23. The number of fused-ring (bicyclic) bond motifs is 4. The molecule has 9 nitrogen and oxygen atoms in total. The molecule has 1 aliphatic rings. The SMILES string of the molecule is CN(C)c1cn2nccc2cc1Nc1ncnc2sc3c(c12)CCCC3.CN(C=O)CCN. The molecule has 0 aromatic carbocycles. The minimum atomic E-state index is 0.537. The number of rotatable bonds is 6. The molecule has 1 amide bonds. The van der Waals surface area contributed by atoms with Gasteiger partial charge in [0.2, 0.25) is 6.41 Å². The summed E-state index contributed by atoms with van der Waals surface area (Å²) in [4.78, 5) is 25.0. The van der Waals surface area contributed by atoms with Crippen LogP contribution in [0.1, 0.15) is 23.3 Å². The average molecular weight is 467 g/mol. The Bertz CT molecular complexity index is 1250. The van der Waals surface area contributed by atoms with Gasteiger partial charge in [0.15, 0.2) is 0 Å². The highest BCUT2D eigenvalue weighted by atomic mass is 32.1. The molecule has 0 aliphatic heterocycles. The number of amides is 1. The zero-order valence-electron chi connectivity index (χ0n) is 19.3. The molecule has 1 aliphatic carbocycles. The van der Waals surface area contributed by atoms with Gasteiger partial charge >= 0.3 is 0 Å². The van der Waals surface area contributed by atoms with Crippen molar-refractivity contribution in [1.29, 1.82) is 0 Å². The van der Waals surface area contributed by atoms with Gasteiger partial charge in [0.1, 0.15) is 17.0 Å². The molecule has 4 aromatic heterocycles. The molecule has 4 aromatic rings.